The number of likely N-dealkylation sites (tertiary alicyclic amines) is 1. The maximum Gasteiger partial charge on any atom is 0.228 e. The average molecular weight is 590 g/mol. The summed E-state index contributed by atoms with van der Waals surface area (Å²) in [6.45, 7) is 10.6. The average Bonchev–Trinajstić information content (AvgIpc) is 3.36. The molecule has 0 spiro atoms. The summed E-state index contributed by atoms with van der Waals surface area (Å²) in [7, 11) is 5.61. The van der Waals surface area contributed by atoms with Gasteiger partial charge in [-0.2, -0.15) is 0 Å². The molecule has 0 radical (unpaired) electrons. The SMILES string of the molecule is CC(C)[C@@H]1N(C(=O)C(C)(C)C)CC[C@]1(C=O)c1ccccc1N(C)c1cccc(-c2ccc(C(O)N(C)C)c(Cl)c2)c1. The first-order valence-electron chi connectivity index (χ1n) is 14.6. The molecule has 1 aliphatic rings. The van der Waals surface area contributed by atoms with Crippen molar-refractivity contribution in [3.8, 4) is 11.1 Å². The number of carbonyl (C=O) groups is 2. The molecule has 7 heteroatoms. The maximum absolute atomic E-state index is 13.5. The van der Waals surface area contributed by atoms with Crippen molar-refractivity contribution >= 4 is 35.2 Å². The maximum atomic E-state index is 13.5. The van der Waals surface area contributed by atoms with Gasteiger partial charge in [-0.1, -0.05) is 88.7 Å². The fourth-order valence-corrected chi connectivity index (χ4v) is 6.64. The van der Waals surface area contributed by atoms with E-state index in [4.69, 9.17) is 11.6 Å². The highest BCUT2D eigenvalue weighted by Gasteiger charge is 2.53. The number of anilines is 2. The lowest BCUT2D eigenvalue weighted by molar-refractivity contribution is -0.142. The van der Waals surface area contributed by atoms with E-state index >= 15 is 0 Å². The monoisotopic (exact) mass is 589 g/mol. The molecule has 3 atom stereocenters. The van der Waals surface area contributed by atoms with E-state index in [1.807, 2.05) is 93.4 Å². The number of aldehydes is 1. The van der Waals surface area contributed by atoms with Gasteiger partial charge < -0.3 is 19.7 Å². The summed E-state index contributed by atoms with van der Waals surface area (Å²) in [6, 6.07) is 21.7. The summed E-state index contributed by atoms with van der Waals surface area (Å²) in [5.41, 5.74) is 4.04. The first-order valence-corrected chi connectivity index (χ1v) is 15.0. The van der Waals surface area contributed by atoms with Crippen LogP contribution in [0.2, 0.25) is 5.02 Å². The Morgan fingerprint density at radius 1 is 1.02 bits per heavy atom. The van der Waals surface area contributed by atoms with Gasteiger partial charge in [0.2, 0.25) is 5.91 Å². The van der Waals surface area contributed by atoms with Crippen molar-refractivity contribution in [1.29, 1.82) is 0 Å². The topological polar surface area (TPSA) is 64.1 Å². The van der Waals surface area contributed by atoms with Gasteiger partial charge in [-0.25, -0.2) is 0 Å². The number of hydrogen-bond donors (Lipinski definition) is 1. The van der Waals surface area contributed by atoms with Gasteiger partial charge in [0, 0.05) is 41.0 Å². The second-order valence-electron chi connectivity index (χ2n) is 13.0. The third-order valence-electron chi connectivity index (χ3n) is 8.48. The minimum Gasteiger partial charge on any atom is -0.374 e. The lowest BCUT2D eigenvalue weighted by Gasteiger charge is -2.41. The number of carbonyl (C=O) groups excluding carboxylic acids is 2. The summed E-state index contributed by atoms with van der Waals surface area (Å²) in [5.74, 6) is 0.163. The molecule has 3 aromatic carbocycles. The van der Waals surface area contributed by atoms with E-state index in [-0.39, 0.29) is 17.9 Å². The number of nitrogens with zero attached hydrogens (tertiary/aromatic N) is 3. The number of amides is 1. The quantitative estimate of drug-likeness (QED) is 0.225. The highest BCUT2D eigenvalue weighted by atomic mass is 35.5. The van der Waals surface area contributed by atoms with Crippen LogP contribution in [-0.4, -0.2) is 60.8 Å². The van der Waals surface area contributed by atoms with Crippen LogP contribution in [0.15, 0.2) is 66.7 Å². The van der Waals surface area contributed by atoms with Gasteiger partial charge in [0.05, 0.1) is 11.5 Å². The van der Waals surface area contributed by atoms with E-state index in [0.717, 1.165) is 34.4 Å². The summed E-state index contributed by atoms with van der Waals surface area (Å²) >= 11 is 6.58. The predicted octanol–water partition coefficient (Wildman–Crippen LogP) is 7.07. The van der Waals surface area contributed by atoms with Crippen molar-refractivity contribution < 1.29 is 14.7 Å². The zero-order valence-electron chi connectivity index (χ0n) is 26.1. The molecule has 1 saturated heterocycles. The summed E-state index contributed by atoms with van der Waals surface area (Å²) in [5, 5.41) is 11.0. The normalized spacial score (nSPS) is 19.8. The zero-order valence-corrected chi connectivity index (χ0v) is 26.8. The van der Waals surface area contributed by atoms with Crippen LogP contribution in [0.5, 0.6) is 0 Å². The number of halogens is 1. The largest absolute Gasteiger partial charge is 0.374 e. The molecule has 6 nitrogen and oxygen atoms in total. The Morgan fingerprint density at radius 2 is 1.69 bits per heavy atom. The second kappa shape index (κ2) is 12.2. The van der Waals surface area contributed by atoms with E-state index in [1.165, 1.54) is 0 Å². The Labute approximate surface area is 255 Å². The van der Waals surface area contributed by atoms with Crippen molar-refractivity contribution in [2.24, 2.45) is 11.3 Å². The van der Waals surface area contributed by atoms with E-state index < -0.39 is 17.1 Å². The van der Waals surface area contributed by atoms with Gasteiger partial charge in [-0.15, -0.1) is 0 Å². The lowest BCUT2D eigenvalue weighted by Crippen LogP contribution is -2.52. The minimum atomic E-state index is -0.825. The van der Waals surface area contributed by atoms with Crippen LogP contribution in [0, 0.1) is 11.3 Å². The van der Waals surface area contributed by atoms with E-state index in [0.29, 0.717) is 23.6 Å². The van der Waals surface area contributed by atoms with Crippen molar-refractivity contribution in [2.45, 2.75) is 58.7 Å². The second-order valence-corrected chi connectivity index (χ2v) is 13.5. The molecule has 1 heterocycles. The van der Waals surface area contributed by atoms with Crippen LogP contribution < -0.4 is 4.90 Å². The van der Waals surface area contributed by atoms with Crippen LogP contribution in [0.1, 0.15) is 58.4 Å². The molecule has 1 amide bonds. The van der Waals surface area contributed by atoms with Crippen molar-refractivity contribution in [2.75, 3.05) is 32.6 Å². The first kappa shape index (κ1) is 31.7. The van der Waals surface area contributed by atoms with Gasteiger partial charge in [-0.05, 0) is 67.4 Å². The molecule has 1 N–H and O–H groups in total. The third-order valence-corrected chi connectivity index (χ3v) is 8.80. The molecule has 0 bridgehead atoms. The third kappa shape index (κ3) is 5.85. The Hall–Kier alpha value is -3.19. The molecular formula is C35H44ClN3O3. The first-order chi connectivity index (χ1) is 19.7. The molecule has 3 aromatic rings. The molecular weight excluding hydrogens is 546 g/mol. The number of rotatable bonds is 8. The highest BCUT2D eigenvalue weighted by Crippen LogP contribution is 2.47. The van der Waals surface area contributed by atoms with Gasteiger partial charge in [-0.3, -0.25) is 9.69 Å². The number of hydrogen-bond acceptors (Lipinski definition) is 5. The smallest absolute Gasteiger partial charge is 0.228 e. The van der Waals surface area contributed by atoms with Crippen LogP contribution in [-0.2, 0) is 15.0 Å². The molecule has 1 unspecified atom stereocenters. The standard InChI is InChI=1S/C35H44ClN3O3/c1-23(2)31-35(22-40,18-19-39(31)33(42)34(3,4)5)28-14-9-10-15-30(28)38(8)26-13-11-12-24(20-26)25-16-17-27(29(36)21-25)32(41)37(6)7/h9-17,20-23,31-32,41H,18-19H2,1-8H3/t31-,32?,35-/m0/s1. The fourth-order valence-electron chi connectivity index (χ4n) is 6.36. The van der Waals surface area contributed by atoms with Crippen molar-refractivity contribution in [1.82, 2.24) is 9.80 Å². The molecule has 0 aliphatic carbocycles. The summed E-state index contributed by atoms with van der Waals surface area (Å²) in [6.07, 6.45) is 0.878. The van der Waals surface area contributed by atoms with Crippen LogP contribution in [0.3, 0.4) is 0 Å². The van der Waals surface area contributed by atoms with E-state index in [2.05, 4.69) is 24.8 Å². The molecule has 1 aliphatic heterocycles. The van der Waals surface area contributed by atoms with Crippen molar-refractivity contribution in [3.05, 3.63) is 82.9 Å². The summed E-state index contributed by atoms with van der Waals surface area (Å²) in [4.78, 5) is 32.4. The molecule has 1 fully saturated rings. The predicted molar refractivity (Wildman–Crippen MR) is 172 cm³/mol. The molecule has 224 valence electrons. The van der Waals surface area contributed by atoms with Crippen LogP contribution >= 0.6 is 11.6 Å². The molecule has 42 heavy (non-hydrogen) atoms. The molecule has 0 aromatic heterocycles. The fraction of sp³-hybridized carbons (Fsp3) is 0.429. The number of aliphatic hydroxyl groups excluding tert-OH is 1. The van der Waals surface area contributed by atoms with Gasteiger partial charge >= 0.3 is 0 Å². The van der Waals surface area contributed by atoms with Gasteiger partial charge in [0.1, 0.15) is 12.5 Å². The lowest BCUT2D eigenvalue weighted by atomic mass is 9.70. The molecule has 0 saturated carbocycles. The van der Waals surface area contributed by atoms with Crippen LogP contribution in [0.25, 0.3) is 11.1 Å². The van der Waals surface area contributed by atoms with Gasteiger partial charge in [0.25, 0.3) is 0 Å². The molecule has 4 rings (SSSR count). The minimum absolute atomic E-state index is 0.0752. The van der Waals surface area contributed by atoms with Crippen LogP contribution in [0.4, 0.5) is 11.4 Å². The number of aliphatic hydroxyl groups is 1. The summed E-state index contributed by atoms with van der Waals surface area (Å²) < 4.78 is 0. The zero-order chi connectivity index (χ0) is 31.0. The van der Waals surface area contributed by atoms with Gasteiger partial charge in [0.15, 0.2) is 0 Å². The number of para-hydroxylation sites is 1. The Morgan fingerprint density at radius 3 is 2.29 bits per heavy atom. The van der Waals surface area contributed by atoms with Crippen molar-refractivity contribution in [3.63, 3.8) is 0 Å². The van der Waals surface area contributed by atoms with E-state index in [1.54, 1.807) is 19.0 Å². The Balaban J connectivity index is 1.75. The van der Waals surface area contributed by atoms with E-state index in [9.17, 15) is 14.7 Å². The number of benzene rings is 3. The Bertz CT molecular complexity index is 1450. The Kier molecular flexibility index (Phi) is 9.22. The highest BCUT2D eigenvalue weighted by molar-refractivity contribution is 6.31.